The second-order valence-electron chi connectivity index (χ2n) is 7.90. The van der Waals surface area contributed by atoms with Gasteiger partial charge in [0.25, 0.3) is 5.91 Å². The largest absolute Gasteiger partial charge is 0.378 e. The lowest BCUT2D eigenvalue weighted by atomic mass is 9.87. The highest BCUT2D eigenvalue weighted by Crippen LogP contribution is 2.25. The molecule has 27 heavy (non-hydrogen) atoms. The Morgan fingerprint density at radius 2 is 1.93 bits per heavy atom. The highest BCUT2D eigenvalue weighted by atomic mass is 35.5. The predicted molar refractivity (Wildman–Crippen MR) is 108 cm³/mol. The van der Waals surface area contributed by atoms with Gasteiger partial charge in [-0.2, -0.15) is 0 Å². The van der Waals surface area contributed by atoms with E-state index in [1.165, 1.54) is 0 Å². The molecule has 1 heterocycles. The second kappa shape index (κ2) is 10.1. The molecule has 1 fully saturated rings. The summed E-state index contributed by atoms with van der Waals surface area (Å²) < 4.78 is 5.89. The summed E-state index contributed by atoms with van der Waals surface area (Å²) in [7, 11) is 0. The molecule has 1 aliphatic rings. The zero-order valence-electron chi connectivity index (χ0n) is 16.6. The van der Waals surface area contributed by atoms with Gasteiger partial charge in [-0.05, 0) is 36.8 Å². The molecule has 0 saturated carbocycles. The second-order valence-corrected chi connectivity index (χ2v) is 8.31. The van der Waals surface area contributed by atoms with Gasteiger partial charge in [0.05, 0.1) is 16.7 Å². The summed E-state index contributed by atoms with van der Waals surface area (Å²) in [6.07, 6.45) is 2.22. The van der Waals surface area contributed by atoms with Gasteiger partial charge in [-0.15, -0.1) is 0 Å². The summed E-state index contributed by atoms with van der Waals surface area (Å²) >= 11 is 6.09. The molecule has 0 spiro atoms. The standard InChI is InChI=1S/C21H31ClN2O3/c1-13(2)18(24-20(25)16-9-5-6-10-17(16)22)21(26)23-12-15-8-7-11-27-19(15)14(3)4/h5-6,9-10,13-15,18-19H,7-8,11-12H2,1-4H3,(H,23,26)(H,24,25). The van der Waals surface area contributed by atoms with Crippen molar-refractivity contribution in [2.24, 2.45) is 17.8 Å². The van der Waals surface area contributed by atoms with Crippen LogP contribution < -0.4 is 10.6 Å². The lowest BCUT2D eigenvalue weighted by Crippen LogP contribution is -2.51. The first-order chi connectivity index (χ1) is 12.8. The Morgan fingerprint density at radius 3 is 2.56 bits per heavy atom. The number of nitrogens with one attached hydrogen (secondary N) is 2. The molecule has 2 N–H and O–H groups in total. The monoisotopic (exact) mass is 394 g/mol. The molecule has 2 rings (SSSR count). The van der Waals surface area contributed by atoms with E-state index >= 15 is 0 Å². The molecule has 1 aliphatic heterocycles. The molecule has 5 nitrogen and oxygen atoms in total. The van der Waals surface area contributed by atoms with Crippen molar-refractivity contribution in [2.45, 2.75) is 52.7 Å². The van der Waals surface area contributed by atoms with E-state index in [1.807, 2.05) is 13.8 Å². The average Bonchev–Trinajstić information content (AvgIpc) is 2.64. The summed E-state index contributed by atoms with van der Waals surface area (Å²) in [5.41, 5.74) is 0.373. The van der Waals surface area contributed by atoms with Crippen molar-refractivity contribution in [1.29, 1.82) is 0 Å². The first-order valence-corrected chi connectivity index (χ1v) is 10.1. The molecule has 6 heteroatoms. The SMILES string of the molecule is CC(C)C(NC(=O)c1ccccc1Cl)C(=O)NCC1CCCOC1C(C)C. The Hall–Kier alpha value is -1.59. The van der Waals surface area contributed by atoms with E-state index < -0.39 is 6.04 Å². The maximum absolute atomic E-state index is 12.8. The molecule has 1 aromatic carbocycles. The van der Waals surface area contributed by atoms with Gasteiger partial charge >= 0.3 is 0 Å². The van der Waals surface area contributed by atoms with Gasteiger partial charge in [-0.3, -0.25) is 9.59 Å². The highest BCUT2D eigenvalue weighted by molar-refractivity contribution is 6.33. The molecule has 1 saturated heterocycles. The third-order valence-corrected chi connectivity index (χ3v) is 5.37. The number of ether oxygens (including phenoxy) is 1. The van der Waals surface area contributed by atoms with Gasteiger partial charge in [0, 0.05) is 19.1 Å². The number of benzene rings is 1. The van der Waals surface area contributed by atoms with Crippen LogP contribution in [0.25, 0.3) is 0 Å². The van der Waals surface area contributed by atoms with E-state index in [4.69, 9.17) is 16.3 Å². The minimum absolute atomic E-state index is 0.0417. The van der Waals surface area contributed by atoms with Gasteiger partial charge < -0.3 is 15.4 Å². The number of rotatable bonds is 7. The Labute approximate surface area is 167 Å². The summed E-state index contributed by atoms with van der Waals surface area (Å²) in [5, 5.41) is 6.22. The fourth-order valence-corrected chi connectivity index (χ4v) is 3.78. The number of hydrogen-bond donors (Lipinski definition) is 2. The fourth-order valence-electron chi connectivity index (χ4n) is 3.56. The maximum atomic E-state index is 12.8. The fraction of sp³-hybridized carbons (Fsp3) is 0.619. The van der Waals surface area contributed by atoms with Crippen LogP contribution in [0, 0.1) is 17.8 Å². The molecule has 0 bridgehead atoms. The predicted octanol–water partition coefficient (Wildman–Crippen LogP) is 3.66. The first-order valence-electron chi connectivity index (χ1n) is 9.76. The molecule has 3 unspecified atom stereocenters. The molecule has 0 aliphatic carbocycles. The Kier molecular flexibility index (Phi) is 8.11. The minimum Gasteiger partial charge on any atom is -0.378 e. The van der Waals surface area contributed by atoms with Crippen molar-refractivity contribution >= 4 is 23.4 Å². The Balaban J connectivity index is 1.98. The summed E-state index contributed by atoms with van der Waals surface area (Å²) in [6.45, 7) is 9.47. The zero-order valence-corrected chi connectivity index (χ0v) is 17.4. The van der Waals surface area contributed by atoms with E-state index in [2.05, 4.69) is 24.5 Å². The maximum Gasteiger partial charge on any atom is 0.253 e. The molecular formula is C21H31ClN2O3. The van der Waals surface area contributed by atoms with Crippen molar-refractivity contribution in [3.8, 4) is 0 Å². The number of hydrogen-bond acceptors (Lipinski definition) is 3. The third-order valence-electron chi connectivity index (χ3n) is 5.04. The van der Waals surface area contributed by atoms with E-state index in [0.717, 1.165) is 19.4 Å². The van der Waals surface area contributed by atoms with Crippen LogP contribution in [0.2, 0.25) is 5.02 Å². The molecular weight excluding hydrogens is 364 g/mol. The Morgan fingerprint density at radius 1 is 1.22 bits per heavy atom. The smallest absolute Gasteiger partial charge is 0.253 e. The van der Waals surface area contributed by atoms with Crippen LogP contribution in [0.15, 0.2) is 24.3 Å². The molecule has 150 valence electrons. The quantitative estimate of drug-likeness (QED) is 0.741. The summed E-state index contributed by atoms with van der Waals surface area (Å²) in [5.74, 6) is 0.164. The summed E-state index contributed by atoms with van der Waals surface area (Å²) in [6, 6.07) is 6.22. The van der Waals surface area contributed by atoms with Gasteiger partial charge in [-0.25, -0.2) is 0 Å². The van der Waals surface area contributed by atoms with Crippen LogP contribution in [0.1, 0.15) is 50.9 Å². The van der Waals surface area contributed by atoms with Crippen molar-refractivity contribution in [3.05, 3.63) is 34.9 Å². The van der Waals surface area contributed by atoms with Crippen LogP contribution in [0.5, 0.6) is 0 Å². The van der Waals surface area contributed by atoms with E-state index in [0.29, 0.717) is 29.0 Å². The topological polar surface area (TPSA) is 67.4 Å². The first kappa shape index (κ1) is 21.7. The van der Waals surface area contributed by atoms with E-state index in [9.17, 15) is 9.59 Å². The van der Waals surface area contributed by atoms with Crippen LogP contribution in [0.3, 0.4) is 0 Å². The molecule has 1 aromatic rings. The molecule has 3 atom stereocenters. The van der Waals surface area contributed by atoms with Gasteiger partial charge in [0.1, 0.15) is 6.04 Å². The van der Waals surface area contributed by atoms with Gasteiger partial charge in [0.15, 0.2) is 0 Å². The van der Waals surface area contributed by atoms with Crippen LogP contribution >= 0.6 is 11.6 Å². The van der Waals surface area contributed by atoms with Gasteiger partial charge in [-0.1, -0.05) is 51.4 Å². The summed E-state index contributed by atoms with van der Waals surface area (Å²) in [4.78, 5) is 25.3. The van der Waals surface area contributed by atoms with Gasteiger partial charge in [0.2, 0.25) is 5.91 Å². The number of halogens is 1. The lowest BCUT2D eigenvalue weighted by molar-refractivity contribution is -0.125. The van der Waals surface area contributed by atoms with Crippen molar-refractivity contribution in [3.63, 3.8) is 0 Å². The van der Waals surface area contributed by atoms with E-state index in [1.54, 1.807) is 24.3 Å². The Bertz CT molecular complexity index is 648. The lowest BCUT2D eigenvalue weighted by Gasteiger charge is -2.35. The van der Waals surface area contributed by atoms with Crippen molar-refractivity contribution < 1.29 is 14.3 Å². The number of carbonyl (C=O) groups is 2. The van der Waals surface area contributed by atoms with Crippen molar-refractivity contribution in [1.82, 2.24) is 10.6 Å². The van der Waals surface area contributed by atoms with Crippen LogP contribution in [-0.4, -0.2) is 37.1 Å². The number of amides is 2. The minimum atomic E-state index is -0.615. The van der Waals surface area contributed by atoms with Crippen LogP contribution in [0.4, 0.5) is 0 Å². The zero-order chi connectivity index (χ0) is 20.0. The molecule has 0 aromatic heterocycles. The van der Waals surface area contributed by atoms with E-state index in [-0.39, 0.29) is 23.8 Å². The highest BCUT2D eigenvalue weighted by Gasteiger charge is 2.30. The average molecular weight is 395 g/mol. The van der Waals surface area contributed by atoms with Crippen molar-refractivity contribution in [2.75, 3.05) is 13.2 Å². The molecule has 0 radical (unpaired) electrons. The normalized spacial score (nSPS) is 21.1. The van der Waals surface area contributed by atoms with Crippen LogP contribution in [-0.2, 0) is 9.53 Å². The molecule has 2 amide bonds. The third kappa shape index (κ3) is 5.94. The number of carbonyl (C=O) groups excluding carboxylic acids is 2.